The SMILES string of the molecule is Cc1ccccc1CNC(C)CC(C)Br. The van der Waals surface area contributed by atoms with Gasteiger partial charge in [-0.1, -0.05) is 47.1 Å². The summed E-state index contributed by atoms with van der Waals surface area (Å²) in [6.45, 7) is 7.55. The third-order valence-corrected chi connectivity index (χ3v) is 2.95. The molecule has 1 aromatic rings. The van der Waals surface area contributed by atoms with E-state index in [-0.39, 0.29) is 0 Å². The molecule has 0 saturated carbocycles. The molecule has 0 spiro atoms. The van der Waals surface area contributed by atoms with Gasteiger partial charge in [-0.3, -0.25) is 0 Å². The van der Waals surface area contributed by atoms with Crippen molar-refractivity contribution in [3.8, 4) is 0 Å². The molecular weight excluding hydrogens is 250 g/mol. The van der Waals surface area contributed by atoms with Gasteiger partial charge in [-0.15, -0.1) is 0 Å². The van der Waals surface area contributed by atoms with Crippen LogP contribution in [-0.4, -0.2) is 10.9 Å². The van der Waals surface area contributed by atoms with Crippen molar-refractivity contribution >= 4 is 15.9 Å². The molecular formula is C13H20BrN. The number of aryl methyl sites for hydroxylation is 1. The average molecular weight is 270 g/mol. The Labute approximate surface area is 101 Å². The first-order valence-electron chi connectivity index (χ1n) is 5.51. The smallest absolute Gasteiger partial charge is 0.0210 e. The lowest BCUT2D eigenvalue weighted by atomic mass is 10.1. The highest BCUT2D eigenvalue weighted by Crippen LogP contribution is 2.09. The molecule has 2 unspecified atom stereocenters. The van der Waals surface area contributed by atoms with E-state index in [1.165, 1.54) is 11.1 Å². The average Bonchev–Trinajstić information content (AvgIpc) is 2.15. The van der Waals surface area contributed by atoms with Gasteiger partial charge in [-0.25, -0.2) is 0 Å². The lowest BCUT2D eigenvalue weighted by Crippen LogP contribution is -2.27. The van der Waals surface area contributed by atoms with Gasteiger partial charge in [0.25, 0.3) is 0 Å². The predicted molar refractivity (Wildman–Crippen MR) is 70.5 cm³/mol. The lowest BCUT2D eigenvalue weighted by Gasteiger charge is -2.16. The van der Waals surface area contributed by atoms with Crippen LogP contribution in [0, 0.1) is 6.92 Å². The van der Waals surface area contributed by atoms with Crippen molar-refractivity contribution in [2.24, 2.45) is 0 Å². The van der Waals surface area contributed by atoms with Gasteiger partial charge in [0.1, 0.15) is 0 Å². The molecule has 0 saturated heterocycles. The molecule has 0 aliphatic rings. The number of alkyl halides is 1. The van der Waals surface area contributed by atoms with Crippen LogP contribution < -0.4 is 5.32 Å². The quantitative estimate of drug-likeness (QED) is 0.805. The Balaban J connectivity index is 2.40. The van der Waals surface area contributed by atoms with Crippen molar-refractivity contribution < 1.29 is 0 Å². The van der Waals surface area contributed by atoms with Gasteiger partial charge >= 0.3 is 0 Å². The highest BCUT2D eigenvalue weighted by Gasteiger charge is 2.05. The Morgan fingerprint density at radius 2 is 1.93 bits per heavy atom. The van der Waals surface area contributed by atoms with Crippen molar-refractivity contribution in [2.75, 3.05) is 0 Å². The van der Waals surface area contributed by atoms with Gasteiger partial charge in [-0.05, 0) is 31.4 Å². The summed E-state index contributed by atoms with van der Waals surface area (Å²) in [5.74, 6) is 0. The molecule has 2 heteroatoms. The van der Waals surface area contributed by atoms with Gasteiger partial charge in [0.05, 0.1) is 0 Å². The maximum absolute atomic E-state index is 3.58. The molecule has 0 bridgehead atoms. The highest BCUT2D eigenvalue weighted by molar-refractivity contribution is 9.09. The van der Waals surface area contributed by atoms with E-state index in [0.29, 0.717) is 10.9 Å². The van der Waals surface area contributed by atoms with E-state index >= 15 is 0 Å². The fourth-order valence-electron chi connectivity index (χ4n) is 1.66. The minimum atomic E-state index is 0.555. The van der Waals surface area contributed by atoms with E-state index in [1.807, 2.05) is 0 Å². The highest BCUT2D eigenvalue weighted by atomic mass is 79.9. The van der Waals surface area contributed by atoms with E-state index in [9.17, 15) is 0 Å². The maximum atomic E-state index is 3.58. The summed E-state index contributed by atoms with van der Waals surface area (Å²) in [5.41, 5.74) is 2.76. The standard InChI is InChI=1S/C13H20BrN/c1-10-6-4-5-7-13(10)9-15-12(3)8-11(2)14/h4-7,11-12,15H,8-9H2,1-3H3. The fraction of sp³-hybridized carbons (Fsp3) is 0.538. The van der Waals surface area contributed by atoms with E-state index in [2.05, 4.69) is 66.3 Å². The first kappa shape index (κ1) is 12.7. The summed E-state index contributed by atoms with van der Waals surface area (Å²) in [6, 6.07) is 9.09. The van der Waals surface area contributed by atoms with Gasteiger partial charge in [0.15, 0.2) is 0 Å². The Morgan fingerprint density at radius 3 is 2.53 bits per heavy atom. The summed E-state index contributed by atoms with van der Waals surface area (Å²) in [6.07, 6.45) is 1.16. The van der Waals surface area contributed by atoms with Crippen LogP contribution in [0.5, 0.6) is 0 Å². The lowest BCUT2D eigenvalue weighted by molar-refractivity contribution is 0.515. The molecule has 0 radical (unpaired) electrons. The number of rotatable bonds is 5. The van der Waals surface area contributed by atoms with Crippen LogP contribution in [-0.2, 0) is 6.54 Å². The van der Waals surface area contributed by atoms with Gasteiger partial charge in [0, 0.05) is 17.4 Å². The number of hydrogen-bond acceptors (Lipinski definition) is 1. The van der Waals surface area contributed by atoms with Gasteiger partial charge in [-0.2, -0.15) is 0 Å². The number of benzene rings is 1. The summed E-state index contributed by atoms with van der Waals surface area (Å²) < 4.78 is 0. The predicted octanol–water partition coefficient (Wildman–Crippen LogP) is 3.65. The normalized spacial score (nSPS) is 14.9. The first-order chi connectivity index (χ1) is 7.09. The zero-order chi connectivity index (χ0) is 11.3. The molecule has 0 amide bonds. The molecule has 0 aliphatic heterocycles. The third-order valence-electron chi connectivity index (χ3n) is 2.58. The first-order valence-corrected chi connectivity index (χ1v) is 6.43. The van der Waals surface area contributed by atoms with Crippen molar-refractivity contribution in [2.45, 2.75) is 44.6 Å². The second-order valence-electron chi connectivity index (χ2n) is 4.22. The second kappa shape index (κ2) is 6.29. The van der Waals surface area contributed by atoms with Crippen LogP contribution >= 0.6 is 15.9 Å². The van der Waals surface area contributed by atoms with Crippen molar-refractivity contribution in [3.63, 3.8) is 0 Å². The van der Waals surface area contributed by atoms with Crippen LogP contribution in [0.1, 0.15) is 31.4 Å². The maximum Gasteiger partial charge on any atom is 0.0210 e. The van der Waals surface area contributed by atoms with E-state index in [4.69, 9.17) is 0 Å². The molecule has 0 heterocycles. The monoisotopic (exact) mass is 269 g/mol. The summed E-state index contributed by atoms with van der Waals surface area (Å²) in [4.78, 5) is 0.580. The van der Waals surface area contributed by atoms with Crippen LogP contribution in [0.15, 0.2) is 24.3 Å². The summed E-state index contributed by atoms with van der Waals surface area (Å²) in [7, 11) is 0. The number of nitrogens with one attached hydrogen (secondary N) is 1. The molecule has 84 valence electrons. The Morgan fingerprint density at radius 1 is 1.27 bits per heavy atom. The van der Waals surface area contributed by atoms with E-state index in [1.54, 1.807) is 0 Å². The van der Waals surface area contributed by atoms with E-state index < -0.39 is 0 Å². The fourth-order valence-corrected chi connectivity index (χ4v) is 2.22. The summed E-state index contributed by atoms with van der Waals surface area (Å²) in [5, 5.41) is 3.54. The molecule has 0 aliphatic carbocycles. The number of halogens is 1. The molecule has 0 aromatic heterocycles. The molecule has 15 heavy (non-hydrogen) atoms. The molecule has 1 rings (SSSR count). The van der Waals surface area contributed by atoms with Crippen LogP contribution in [0.25, 0.3) is 0 Å². The molecule has 1 N–H and O–H groups in total. The van der Waals surface area contributed by atoms with Crippen molar-refractivity contribution in [1.29, 1.82) is 0 Å². The topological polar surface area (TPSA) is 12.0 Å². The van der Waals surface area contributed by atoms with Crippen LogP contribution in [0.2, 0.25) is 0 Å². The van der Waals surface area contributed by atoms with Crippen LogP contribution in [0.4, 0.5) is 0 Å². The minimum Gasteiger partial charge on any atom is -0.310 e. The minimum absolute atomic E-state index is 0.555. The van der Waals surface area contributed by atoms with Crippen LogP contribution in [0.3, 0.4) is 0 Å². The molecule has 0 fully saturated rings. The molecule has 2 atom stereocenters. The molecule has 1 nitrogen and oxygen atoms in total. The third kappa shape index (κ3) is 4.80. The van der Waals surface area contributed by atoms with Crippen molar-refractivity contribution in [3.05, 3.63) is 35.4 Å². The Bertz CT molecular complexity index is 296. The van der Waals surface area contributed by atoms with Gasteiger partial charge < -0.3 is 5.32 Å². The zero-order valence-electron chi connectivity index (χ0n) is 9.76. The van der Waals surface area contributed by atoms with Crippen molar-refractivity contribution in [1.82, 2.24) is 5.32 Å². The Kier molecular flexibility index (Phi) is 5.34. The Hall–Kier alpha value is -0.340. The summed E-state index contributed by atoms with van der Waals surface area (Å²) >= 11 is 3.58. The molecule has 1 aromatic carbocycles. The second-order valence-corrected chi connectivity index (χ2v) is 5.79. The zero-order valence-corrected chi connectivity index (χ0v) is 11.3. The van der Waals surface area contributed by atoms with Gasteiger partial charge in [0.2, 0.25) is 0 Å². The van der Waals surface area contributed by atoms with E-state index in [0.717, 1.165) is 13.0 Å². The largest absolute Gasteiger partial charge is 0.310 e. The number of hydrogen-bond donors (Lipinski definition) is 1.